The molecule has 3 unspecified atom stereocenters. The SMILES string of the molecule is CC(O)C1CCCC(c2ccccc2)N1S(=O)(=O)c1ccc(Cl)cc1. The van der Waals surface area contributed by atoms with Crippen molar-refractivity contribution in [3.63, 3.8) is 0 Å². The highest BCUT2D eigenvalue weighted by molar-refractivity contribution is 7.89. The van der Waals surface area contributed by atoms with Crippen LogP contribution in [0.15, 0.2) is 59.5 Å². The number of nitrogens with zero attached hydrogens (tertiary/aromatic N) is 1. The number of aliphatic hydroxyl groups excluding tert-OH is 1. The molecular weight excluding hydrogens is 358 g/mol. The first-order chi connectivity index (χ1) is 11.9. The quantitative estimate of drug-likeness (QED) is 0.873. The summed E-state index contributed by atoms with van der Waals surface area (Å²) in [6, 6.07) is 15.1. The number of hydrogen-bond donors (Lipinski definition) is 1. The largest absolute Gasteiger partial charge is 0.392 e. The van der Waals surface area contributed by atoms with Crippen molar-refractivity contribution in [3.05, 3.63) is 65.2 Å². The zero-order chi connectivity index (χ0) is 18.0. The van der Waals surface area contributed by atoms with Crippen LogP contribution in [0.1, 0.15) is 37.8 Å². The smallest absolute Gasteiger partial charge is 0.243 e. The van der Waals surface area contributed by atoms with Gasteiger partial charge in [0.25, 0.3) is 0 Å². The fraction of sp³-hybridized carbons (Fsp3) is 0.368. The van der Waals surface area contributed by atoms with E-state index in [1.54, 1.807) is 19.1 Å². The molecule has 0 radical (unpaired) electrons. The van der Waals surface area contributed by atoms with E-state index < -0.39 is 22.2 Å². The molecule has 1 saturated heterocycles. The Balaban J connectivity index is 2.09. The van der Waals surface area contributed by atoms with Gasteiger partial charge in [0.05, 0.1) is 23.1 Å². The number of aliphatic hydroxyl groups is 1. The number of halogens is 1. The first kappa shape index (κ1) is 18.4. The predicted octanol–water partition coefficient (Wildman–Crippen LogP) is 4.01. The van der Waals surface area contributed by atoms with E-state index in [9.17, 15) is 13.5 Å². The van der Waals surface area contributed by atoms with E-state index >= 15 is 0 Å². The van der Waals surface area contributed by atoms with E-state index in [0.29, 0.717) is 11.4 Å². The molecule has 0 saturated carbocycles. The molecule has 25 heavy (non-hydrogen) atoms. The molecule has 2 aromatic carbocycles. The van der Waals surface area contributed by atoms with Gasteiger partial charge in [-0.2, -0.15) is 4.31 Å². The predicted molar refractivity (Wildman–Crippen MR) is 99.0 cm³/mol. The molecule has 0 bridgehead atoms. The van der Waals surface area contributed by atoms with E-state index in [-0.39, 0.29) is 10.9 Å². The first-order valence-electron chi connectivity index (χ1n) is 8.43. The summed E-state index contributed by atoms with van der Waals surface area (Å²) in [6.45, 7) is 1.66. The van der Waals surface area contributed by atoms with Crippen molar-refractivity contribution in [1.29, 1.82) is 0 Å². The highest BCUT2D eigenvalue weighted by Crippen LogP contribution is 2.39. The van der Waals surface area contributed by atoms with Gasteiger partial charge in [0.1, 0.15) is 0 Å². The van der Waals surface area contributed by atoms with Gasteiger partial charge in [-0.1, -0.05) is 41.9 Å². The second kappa shape index (κ2) is 7.46. The van der Waals surface area contributed by atoms with Crippen molar-refractivity contribution in [1.82, 2.24) is 4.31 Å². The molecule has 1 N–H and O–H groups in total. The number of piperidine rings is 1. The summed E-state index contributed by atoms with van der Waals surface area (Å²) in [7, 11) is -3.76. The highest BCUT2D eigenvalue weighted by atomic mass is 35.5. The summed E-state index contributed by atoms with van der Waals surface area (Å²) in [5, 5.41) is 10.7. The normalized spacial score (nSPS) is 23.3. The van der Waals surface area contributed by atoms with Crippen LogP contribution in [0, 0.1) is 0 Å². The van der Waals surface area contributed by atoms with Crippen LogP contribution in [0.25, 0.3) is 0 Å². The minimum atomic E-state index is -3.76. The maximum atomic E-state index is 13.4. The molecule has 1 aliphatic rings. The Morgan fingerprint density at radius 3 is 2.32 bits per heavy atom. The Morgan fingerprint density at radius 1 is 1.08 bits per heavy atom. The summed E-state index contributed by atoms with van der Waals surface area (Å²) in [5.41, 5.74) is 0.949. The number of sulfonamides is 1. The Bertz CT molecular complexity index is 806. The minimum absolute atomic E-state index is 0.199. The summed E-state index contributed by atoms with van der Waals surface area (Å²) in [6.07, 6.45) is 1.52. The van der Waals surface area contributed by atoms with Crippen molar-refractivity contribution < 1.29 is 13.5 Å². The Kier molecular flexibility index (Phi) is 5.49. The molecule has 0 amide bonds. The van der Waals surface area contributed by atoms with Crippen molar-refractivity contribution >= 4 is 21.6 Å². The molecule has 0 spiro atoms. The van der Waals surface area contributed by atoms with E-state index in [0.717, 1.165) is 18.4 Å². The Labute approximate surface area is 154 Å². The molecule has 134 valence electrons. The van der Waals surface area contributed by atoms with Gasteiger partial charge < -0.3 is 5.11 Å². The van der Waals surface area contributed by atoms with Crippen LogP contribution in [-0.4, -0.2) is 30.0 Å². The summed E-state index contributed by atoms with van der Waals surface area (Å²) in [5.74, 6) is 0. The van der Waals surface area contributed by atoms with Gasteiger partial charge in [0, 0.05) is 5.02 Å². The van der Waals surface area contributed by atoms with E-state index in [1.165, 1.54) is 16.4 Å². The molecule has 3 atom stereocenters. The third kappa shape index (κ3) is 3.75. The second-order valence-corrected chi connectivity index (χ2v) is 8.73. The van der Waals surface area contributed by atoms with Crippen LogP contribution in [0.5, 0.6) is 0 Å². The lowest BCUT2D eigenvalue weighted by atomic mass is 9.91. The van der Waals surface area contributed by atoms with Crippen molar-refractivity contribution in [2.45, 2.75) is 49.3 Å². The van der Waals surface area contributed by atoms with Crippen LogP contribution in [0.3, 0.4) is 0 Å². The second-order valence-electron chi connectivity index (χ2n) is 6.45. The van der Waals surface area contributed by atoms with E-state index in [4.69, 9.17) is 11.6 Å². The van der Waals surface area contributed by atoms with Crippen molar-refractivity contribution in [2.75, 3.05) is 0 Å². The third-order valence-corrected chi connectivity index (χ3v) is 6.94. The fourth-order valence-corrected chi connectivity index (χ4v) is 5.57. The molecule has 2 aromatic rings. The molecule has 1 fully saturated rings. The average molecular weight is 380 g/mol. The topological polar surface area (TPSA) is 57.6 Å². The minimum Gasteiger partial charge on any atom is -0.392 e. The van der Waals surface area contributed by atoms with Gasteiger partial charge in [-0.3, -0.25) is 0 Å². The molecule has 3 rings (SSSR count). The molecule has 6 heteroatoms. The third-order valence-electron chi connectivity index (χ3n) is 4.74. The standard InChI is InChI=1S/C19H22ClNO3S/c1-14(22)18-8-5-9-19(15-6-3-2-4-7-15)21(18)25(23,24)17-12-10-16(20)11-13-17/h2-4,6-7,10-14,18-19,22H,5,8-9H2,1H3. The zero-order valence-electron chi connectivity index (χ0n) is 14.0. The summed E-state index contributed by atoms with van der Waals surface area (Å²) < 4.78 is 28.2. The van der Waals surface area contributed by atoms with Crippen LogP contribution in [-0.2, 0) is 10.0 Å². The van der Waals surface area contributed by atoms with Gasteiger partial charge in [-0.15, -0.1) is 0 Å². The highest BCUT2D eigenvalue weighted by Gasteiger charge is 2.42. The van der Waals surface area contributed by atoms with Gasteiger partial charge in [-0.05, 0) is 56.0 Å². The molecule has 4 nitrogen and oxygen atoms in total. The van der Waals surface area contributed by atoms with Crippen LogP contribution in [0.4, 0.5) is 0 Å². The monoisotopic (exact) mass is 379 g/mol. The molecular formula is C19H22ClNO3S. The zero-order valence-corrected chi connectivity index (χ0v) is 15.6. The lowest BCUT2D eigenvalue weighted by molar-refractivity contribution is 0.0572. The molecule has 1 aliphatic heterocycles. The van der Waals surface area contributed by atoms with Gasteiger partial charge in [0.15, 0.2) is 0 Å². The lowest BCUT2D eigenvalue weighted by Crippen LogP contribution is -2.50. The average Bonchev–Trinajstić information content (AvgIpc) is 2.62. The Hall–Kier alpha value is -1.40. The van der Waals surface area contributed by atoms with Gasteiger partial charge >= 0.3 is 0 Å². The Morgan fingerprint density at radius 2 is 1.72 bits per heavy atom. The van der Waals surface area contributed by atoms with Crippen LogP contribution < -0.4 is 0 Å². The summed E-state index contributed by atoms with van der Waals surface area (Å²) >= 11 is 5.90. The van der Waals surface area contributed by atoms with Crippen LogP contribution >= 0.6 is 11.6 Å². The van der Waals surface area contributed by atoms with E-state index in [1.807, 2.05) is 30.3 Å². The lowest BCUT2D eigenvalue weighted by Gasteiger charge is -2.42. The fourth-order valence-electron chi connectivity index (χ4n) is 3.52. The van der Waals surface area contributed by atoms with Gasteiger partial charge in [-0.25, -0.2) is 8.42 Å². The van der Waals surface area contributed by atoms with Gasteiger partial charge in [0.2, 0.25) is 10.0 Å². The molecule has 0 aliphatic carbocycles. The molecule has 0 aromatic heterocycles. The number of rotatable bonds is 4. The van der Waals surface area contributed by atoms with Crippen molar-refractivity contribution in [3.8, 4) is 0 Å². The van der Waals surface area contributed by atoms with E-state index in [2.05, 4.69) is 0 Å². The number of hydrogen-bond acceptors (Lipinski definition) is 3. The maximum absolute atomic E-state index is 13.4. The maximum Gasteiger partial charge on any atom is 0.243 e. The molecule has 1 heterocycles. The van der Waals surface area contributed by atoms with Crippen molar-refractivity contribution in [2.24, 2.45) is 0 Å². The first-order valence-corrected chi connectivity index (χ1v) is 10.2. The number of benzene rings is 2. The van der Waals surface area contributed by atoms with Crippen LogP contribution in [0.2, 0.25) is 5.02 Å². The summed E-state index contributed by atoms with van der Waals surface area (Å²) in [4.78, 5) is 0.199.